The second-order valence-electron chi connectivity index (χ2n) is 4.89. The molecule has 0 bridgehead atoms. The first-order valence-corrected chi connectivity index (χ1v) is 5.87. The van der Waals surface area contributed by atoms with Crippen LogP contribution in [0.25, 0.3) is 0 Å². The van der Waals surface area contributed by atoms with Gasteiger partial charge in [-0.1, -0.05) is 13.8 Å². The van der Waals surface area contributed by atoms with E-state index in [-0.39, 0.29) is 6.09 Å². The van der Waals surface area contributed by atoms with Crippen molar-refractivity contribution in [3.63, 3.8) is 0 Å². The summed E-state index contributed by atoms with van der Waals surface area (Å²) in [5.41, 5.74) is 0. The van der Waals surface area contributed by atoms with E-state index in [1.165, 1.54) is 20.0 Å². The molecule has 1 rings (SSSR count). The maximum Gasteiger partial charge on any atom is 0.409 e. The molecule has 0 radical (unpaired) electrons. The summed E-state index contributed by atoms with van der Waals surface area (Å²) < 4.78 is 4.73. The first-order chi connectivity index (χ1) is 7.06. The van der Waals surface area contributed by atoms with Crippen molar-refractivity contribution in [2.45, 2.75) is 45.6 Å². The minimum absolute atomic E-state index is 0.206. The van der Waals surface area contributed by atoms with Crippen LogP contribution in [0.5, 0.6) is 0 Å². The first kappa shape index (κ1) is 12.3. The molecule has 88 valence electrons. The fraction of sp³-hybridized carbons (Fsp3) is 0.917. The molecule has 0 atom stereocenters. The average Bonchev–Trinajstić information content (AvgIpc) is 2.27. The maximum absolute atomic E-state index is 11.3. The van der Waals surface area contributed by atoms with Gasteiger partial charge in [-0.2, -0.15) is 0 Å². The third-order valence-electron chi connectivity index (χ3n) is 3.69. The molecule has 1 saturated carbocycles. The van der Waals surface area contributed by atoms with Gasteiger partial charge in [-0.3, -0.25) is 0 Å². The molecule has 1 fully saturated rings. The van der Waals surface area contributed by atoms with Crippen LogP contribution in [0.2, 0.25) is 0 Å². The van der Waals surface area contributed by atoms with Gasteiger partial charge >= 0.3 is 6.09 Å². The van der Waals surface area contributed by atoms with E-state index >= 15 is 0 Å². The standard InChI is InChI=1S/C12H23NO2/c1-9(2)10-5-7-11(8-6-10)13(3)12(14)15-4/h9-11H,5-8H2,1-4H3. The highest BCUT2D eigenvalue weighted by Gasteiger charge is 2.27. The molecule has 3 heteroatoms. The Balaban J connectivity index is 2.40. The normalized spacial score (nSPS) is 26.5. The van der Waals surface area contributed by atoms with E-state index in [2.05, 4.69) is 13.8 Å². The van der Waals surface area contributed by atoms with Crippen LogP contribution >= 0.6 is 0 Å². The van der Waals surface area contributed by atoms with Gasteiger partial charge in [-0.15, -0.1) is 0 Å². The number of hydrogen-bond donors (Lipinski definition) is 0. The van der Waals surface area contributed by atoms with E-state index in [1.807, 2.05) is 7.05 Å². The molecule has 0 heterocycles. The van der Waals surface area contributed by atoms with Crippen molar-refractivity contribution in [2.24, 2.45) is 11.8 Å². The van der Waals surface area contributed by atoms with Crippen molar-refractivity contribution in [3.05, 3.63) is 0 Å². The van der Waals surface area contributed by atoms with Crippen molar-refractivity contribution in [3.8, 4) is 0 Å². The Morgan fingerprint density at radius 3 is 2.20 bits per heavy atom. The van der Waals surface area contributed by atoms with E-state index in [4.69, 9.17) is 4.74 Å². The lowest BCUT2D eigenvalue weighted by Gasteiger charge is -2.35. The van der Waals surface area contributed by atoms with Gasteiger partial charge < -0.3 is 9.64 Å². The van der Waals surface area contributed by atoms with E-state index < -0.39 is 0 Å². The lowest BCUT2D eigenvalue weighted by atomic mass is 9.79. The van der Waals surface area contributed by atoms with Gasteiger partial charge in [-0.25, -0.2) is 4.79 Å². The molecule has 1 amide bonds. The SMILES string of the molecule is COC(=O)N(C)C1CCC(C(C)C)CC1. The minimum Gasteiger partial charge on any atom is -0.453 e. The molecule has 0 unspecified atom stereocenters. The smallest absolute Gasteiger partial charge is 0.409 e. The van der Waals surface area contributed by atoms with Crippen molar-refractivity contribution >= 4 is 6.09 Å². The summed E-state index contributed by atoms with van der Waals surface area (Å²) in [6, 6.07) is 0.382. The average molecular weight is 213 g/mol. The second-order valence-corrected chi connectivity index (χ2v) is 4.89. The number of ether oxygens (including phenoxy) is 1. The van der Waals surface area contributed by atoms with Crippen LogP contribution in [0, 0.1) is 11.8 Å². The maximum atomic E-state index is 11.3. The zero-order valence-corrected chi connectivity index (χ0v) is 10.3. The molecule has 1 aliphatic rings. The van der Waals surface area contributed by atoms with Crippen LogP contribution in [0.1, 0.15) is 39.5 Å². The fourth-order valence-electron chi connectivity index (χ4n) is 2.45. The van der Waals surface area contributed by atoms with Gasteiger partial charge in [0.15, 0.2) is 0 Å². The Hall–Kier alpha value is -0.730. The van der Waals surface area contributed by atoms with Crippen LogP contribution in [0.15, 0.2) is 0 Å². The number of rotatable bonds is 2. The molecular weight excluding hydrogens is 190 g/mol. The number of hydrogen-bond acceptors (Lipinski definition) is 2. The second kappa shape index (κ2) is 5.38. The Bertz CT molecular complexity index is 208. The lowest BCUT2D eigenvalue weighted by molar-refractivity contribution is 0.0973. The Morgan fingerprint density at radius 1 is 1.27 bits per heavy atom. The Labute approximate surface area is 92.8 Å². The van der Waals surface area contributed by atoms with E-state index in [0.717, 1.165) is 24.7 Å². The van der Waals surface area contributed by atoms with Crippen molar-refractivity contribution in [2.75, 3.05) is 14.2 Å². The van der Waals surface area contributed by atoms with Crippen LogP contribution in [-0.2, 0) is 4.74 Å². The topological polar surface area (TPSA) is 29.5 Å². The summed E-state index contributed by atoms with van der Waals surface area (Å²) >= 11 is 0. The summed E-state index contributed by atoms with van der Waals surface area (Å²) in [4.78, 5) is 13.1. The zero-order valence-electron chi connectivity index (χ0n) is 10.3. The van der Waals surface area contributed by atoms with Crippen molar-refractivity contribution < 1.29 is 9.53 Å². The Kier molecular flexibility index (Phi) is 4.43. The van der Waals surface area contributed by atoms with Crippen molar-refractivity contribution in [1.29, 1.82) is 0 Å². The van der Waals surface area contributed by atoms with Gasteiger partial charge in [-0.05, 0) is 37.5 Å². The molecule has 0 aromatic carbocycles. The molecule has 0 aliphatic heterocycles. The molecule has 0 N–H and O–H groups in total. The van der Waals surface area contributed by atoms with E-state index in [1.54, 1.807) is 4.90 Å². The van der Waals surface area contributed by atoms with Gasteiger partial charge in [0.1, 0.15) is 0 Å². The minimum atomic E-state index is -0.206. The highest BCUT2D eigenvalue weighted by atomic mass is 16.5. The third-order valence-corrected chi connectivity index (χ3v) is 3.69. The predicted octanol–water partition coefficient (Wildman–Crippen LogP) is 2.90. The molecule has 15 heavy (non-hydrogen) atoms. The lowest BCUT2D eigenvalue weighted by Crippen LogP contribution is -2.39. The van der Waals surface area contributed by atoms with Gasteiger partial charge in [0, 0.05) is 13.1 Å². The summed E-state index contributed by atoms with van der Waals surface area (Å²) in [6.07, 6.45) is 4.51. The van der Waals surface area contributed by atoms with Gasteiger partial charge in [0.2, 0.25) is 0 Å². The van der Waals surface area contributed by atoms with E-state index in [0.29, 0.717) is 6.04 Å². The molecular formula is C12H23NO2. The number of methoxy groups -OCH3 is 1. The summed E-state index contributed by atoms with van der Waals surface area (Å²) in [7, 11) is 3.28. The van der Waals surface area contributed by atoms with Crippen LogP contribution < -0.4 is 0 Å². The first-order valence-electron chi connectivity index (χ1n) is 5.87. The zero-order chi connectivity index (χ0) is 11.4. The van der Waals surface area contributed by atoms with E-state index in [9.17, 15) is 4.79 Å². The molecule has 1 aliphatic carbocycles. The third kappa shape index (κ3) is 3.11. The molecule has 0 aromatic heterocycles. The van der Waals surface area contributed by atoms with Crippen LogP contribution in [0.3, 0.4) is 0 Å². The Morgan fingerprint density at radius 2 is 1.80 bits per heavy atom. The highest BCUT2D eigenvalue weighted by Crippen LogP contribution is 2.31. The molecule has 0 aromatic rings. The van der Waals surface area contributed by atoms with Crippen LogP contribution in [-0.4, -0.2) is 31.2 Å². The molecule has 0 spiro atoms. The summed E-state index contributed by atoms with van der Waals surface area (Å²) in [6.45, 7) is 4.57. The fourth-order valence-corrected chi connectivity index (χ4v) is 2.45. The predicted molar refractivity (Wildman–Crippen MR) is 60.8 cm³/mol. The number of carbonyl (C=O) groups is 1. The monoisotopic (exact) mass is 213 g/mol. The van der Waals surface area contributed by atoms with Gasteiger partial charge in [0.25, 0.3) is 0 Å². The quantitative estimate of drug-likeness (QED) is 0.706. The molecule has 3 nitrogen and oxygen atoms in total. The number of amides is 1. The summed E-state index contributed by atoms with van der Waals surface area (Å²) in [5.74, 6) is 1.61. The van der Waals surface area contributed by atoms with Crippen molar-refractivity contribution in [1.82, 2.24) is 4.90 Å². The number of carbonyl (C=O) groups excluding carboxylic acids is 1. The van der Waals surface area contributed by atoms with Crippen LogP contribution in [0.4, 0.5) is 4.79 Å². The number of nitrogens with zero attached hydrogens (tertiary/aromatic N) is 1. The molecule has 0 saturated heterocycles. The summed E-state index contributed by atoms with van der Waals surface area (Å²) in [5, 5.41) is 0. The highest BCUT2D eigenvalue weighted by molar-refractivity contribution is 5.67. The van der Waals surface area contributed by atoms with Gasteiger partial charge in [0.05, 0.1) is 7.11 Å². The largest absolute Gasteiger partial charge is 0.453 e.